The number of benzene rings is 2. The summed E-state index contributed by atoms with van der Waals surface area (Å²) in [5, 5.41) is 9.25. The maximum atomic E-state index is 11.9. The normalized spacial score (nSPS) is 13.9. The van der Waals surface area contributed by atoms with Gasteiger partial charge in [-0.2, -0.15) is 0 Å². The van der Waals surface area contributed by atoms with Crippen LogP contribution in [0.2, 0.25) is 0 Å². The van der Waals surface area contributed by atoms with E-state index in [1.807, 2.05) is 30.3 Å². The molecule has 0 saturated carbocycles. The average Bonchev–Trinajstić information content (AvgIpc) is 2.47. The maximum absolute atomic E-state index is 11.9. The van der Waals surface area contributed by atoms with Crippen molar-refractivity contribution in [3.63, 3.8) is 0 Å². The second-order valence-corrected chi connectivity index (χ2v) is 5.01. The van der Waals surface area contributed by atoms with E-state index in [2.05, 4.69) is 0 Å². The number of phenols is 1. The maximum Gasteiger partial charge on any atom is 0.163 e. The van der Waals surface area contributed by atoms with Crippen molar-refractivity contribution in [2.75, 3.05) is 0 Å². The van der Waals surface area contributed by atoms with Gasteiger partial charge in [-0.05, 0) is 36.6 Å². The van der Waals surface area contributed by atoms with E-state index in [4.69, 9.17) is 4.74 Å². The Morgan fingerprint density at radius 1 is 1.05 bits per heavy atom. The first-order valence-corrected chi connectivity index (χ1v) is 6.80. The molecule has 0 aliphatic heterocycles. The molecule has 3 heteroatoms. The molecule has 0 saturated heterocycles. The van der Waals surface area contributed by atoms with Gasteiger partial charge in [-0.25, -0.2) is 0 Å². The summed E-state index contributed by atoms with van der Waals surface area (Å²) in [6.07, 6.45) is 2.42. The van der Waals surface area contributed by atoms with Gasteiger partial charge in [0, 0.05) is 17.5 Å². The van der Waals surface area contributed by atoms with Crippen molar-refractivity contribution in [1.82, 2.24) is 0 Å². The number of ether oxygens (including phenoxy) is 1. The number of phenolic OH excluding ortho intramolecular Hbond substituents is 1. The zero-order valence-electron chi connectivity index (χ0n) is 11.1. The van der Waals surface area contributed by atoms with E-state index in [1.54, 1.807) is 12.1 Å². The molecule has 1 N–H and O–H groups in total. The quantitative estimate of drug-likeness (QED) is 0.926. The standard InChI is InChI=1S/C17H16O3/c18-13-9-7-12(8-10-13)11-20-17-6-2-3-14-15(17)4-1-5-16(14)19/h2-3,6-10,18H,1,4-5,11H2. The SMILES string of the molecule is O=C1CCCc2c(OCc3ccc(O)cc3)cccc21. The number of rotatable bonds is 3. The first-order chi connectivity index (χ1) is 9.74. The van der Waals surface area contributed by atoms with E-state index in [0.717, 1.165) is 35.3 Å². The molecular weight excluding hydrogens is 252 g/mol. The molecule has 3 rings (SSSR count). The fraction of sp³-hybridized carbons (Fsp3) is 0.235. The van der Waals surface area contributed by atoms with E-state index < -0.39 is 0 Å². The summed E-state index contributed by atoms with van der Waals surface area (Å²) in [6.45, 7) is 0.435. The van der Waals surface area contributed by atoms with Crippen molar-refractivity contribution >= 4 is 5.78 Å². The molecule has 20 heavy (non-hydrogen) atoms. The summed E-state index contributed by atoms with van der Waals surface area (Å²) in [7, 11) is 0. The van der Waals surface area contributed by atoms with E-state index in [9.17, 15) is 9.90 Å². The Bertz CT molecular complexity index is 629. The molecule has 3 nitrogen and oxygen atoms in total. The van der Waals surface area contributed by atoms with Crippen LogP contribution in [0, 0.1) is 0 Å². The van der Waals surface area contributed by atoms with Crippen LogP contribution in [0.5, 0.6) is 11.5 Å². The van der Waals surface area contributed by atoms with Crippen LogP contribution in [-0.2, 0) is 13.0 Å². The summed E-state index contributed by atoms with van der Waals surface area (Å²) >= 11 is 0. The second kappa shape index (κ2) is 5.37. The van der Waals surface area contributed by atoms with E-state index >= 15 is 0 Å². The Kier molecular flexibility index (Phi) is 3.42. The van der Waals surface area contributed by atoms with Crippen LogP contribution >= 0.6 is 0 Å². The third kappa shape index (κ3) is 2.52. The van der Waals surface area contributed by atoms with Crippen LogP contribution in [0.1, 0.15) is 34.3 Å². The van der Waals surface area contributed by atoms with Gasteiger partial charge in [-0.1, -0.05) is 24.3 Å². The highest BCUT2D eigenvalue weighted by molar-refractivity contribution is 5.99. The van der Waals surface area contributed by atoms with Gasteiger partial charge in [0.2, 0.25) is 0 Å². The molecule has 0 fully saturated rings. The number of carbonyl (C=O) groups excluding carboxylic acids is 1. The number of aromatic hydroxyl groups is 1. The highest BCUT2D eigenvalue weighted by Crippen LogP contribution is 2.30. The third-order valence-corrected chi connectivity index (χ3v) is 3.59. The lowest BCUT2D eigenvalue weighted by atomic mass is 9.90. The van der Waals surface area contributed by atoms with Crippen molar-refractivity contribution < 1.29 is 14.6 Å². The number of hydrogen-bond donors (Lipinski definition) is 1. The topological polar surface area (TPSA) is 46.5 Å². The molecule has 0 bridgehead atoms. The molecule has 0 unspecified atom stereocenters. The average molecular weight is 268 g/mol. The molecule has 0 heterocycles. The Balaban J connectivity index is 1.79. The van der Waals surface area contributed by atoms with Crippen molar-refractivity contribution in [3.05, 3.63) is 59.2 Å². The van der Waals surface area contributed by atoms with Gasteiger partial charge < -0.3 is 9.84 Å². The summed E-state index contributed by atoms with van der Waals surface area (Å²) in [5.41, 5.74) is 2.82. The molecule has 0 amide bonds. The molecule has 1 aliphatic rings. The van der Waals surface area contributed by atoms with Crippen LogP contribution in [0.25, 0.3) is 0 Å². The van der Waals surface area contributed by atoms with Crippen LogP contribution < -0.4 is 4.74 Å². The monoisotopic (exact) mass is 268 g/mol. The van der Waals surface area contributed by atoms with E-state index in [1.165, 1.54) is 0 Å². The number of ketones is 1. The van der Waals surface area contributed by atoms with Crippen molar-refractivity contribution in [3.8, 4) is 11.5 Å². The first kappa shape index (κ1) is 12.7. The number of carbonyl (C=O) groups is 1. The minimum Gasteiger partial charge on any atom is -0.508 e. The summed E-state index contributed by atoms with van der Waals surface area (Å²) in [4.78, 5) is 11.9. The zero-order chi connectivity index (χ0) is 13.9. The molecule has 0 radical (unpaired) electrons. The fourth-order valence-electron chi connectivity index (χ4n) is 2.53. The molecule has 0 spiro atoms. The lowest BCUT2D eigenvalue weighted by Crippen LogP contribution is -2.12. The third-order valence-electron chi connectivity index (χ3n) is 3.59. The molecule has 2 aromatic carbocycles. The smallest absolute Gasteiger partial charge is 0.163 e. The number of hydrogen-bond acceptors (Lipinski definition) is 3. The van der Waals surface area contributed by atoms with Gasteiger partial charge in [-0.3, -0.25) is 4.79 Å². The largest absolute Gasteiger partial charge is 0.508 e. The lowest BCUT2D eigenvalue weighted by Gasteiger charge is -2.18. The Hall–Kier alpha value is -2.29. The van der Waals surface area contributed by atoms with Gasteiger partial charge in [0.15, 0.2) is 5.78 Å². The van der Waals surface area contributed by atoms with E-state index in [0.29, 0.717) is 13.0 Å². The van der Waals surface area contributed by atoms with Crippen LogP contribution in [0.3, 0.4) is 0 Å². The minimum atomic E-state index is 0.210. The second-order valence-electron chi connectivity index (χ2n) is 5.01. The van der Waals surface area contributed by atoms with Gasteiger partial charge in [0.25, 0.3) is 0 Å². The van der Waals surface area contributed by atoms with Gasteiger partial charge >= 0.3 is 0 Å². The Labute approximate surface area is 117 Å². The summed E-state index contributed by atoms with van der Waals surface area (Å²) < 4.78 is 5.84. The van der Waals surface area contributed by atoms with Gasteiger partial charge in [0.05, 0.1) is 0 Å². The Morgan fingerprint density at radius 2 is 1.85 bits per heavy atom. The van der Waals surface area contributed by atoms with Crippen molar-refractivity contribution in [2.24, 2.45) is 0 Å². The lowest BCUT2D eigenvalue weighted by molar-refractivity contribution is 0.0971. The molecule has 0 aromatic heterocycles. The molecule has 1 aliphatic carbocycles. The van der Waals surface area contributed by atoms with Crippen molar-refractivity contribution in [1.29, 1.82) is 0 Å². The molecular formula is C17H16O3. The van der Waals surface area contributed by atoms with Crippen LogP contribution in [-0.4, -0.2) is 10.9 Å². The summed E-state index contributed by atoms with van der Waals surface area (Å²) in [6, 6.07) is 12.6. The fourth-order valence-corrected chi connectivity index (χ4v) is 2.53. The predicted octanol–water partition coefficient (Wildman–Crippen LogP) is 3.49. The van der Waals surface area contributed by atoms with Gasteiger partial charge in [-0.15, -0.1) is 0 Å². The van der Waals surface area contributed by atoms with Crippen LogP contribution in [0.4, 0.5) is 0 Å². The highest BCUT2D eigenvalue weighted by Gasteiger charge is 2.20. The van der Waals surface area contributed by atoms with Crippen LogP contribution in [0.15, 0.2) is 42.5 Å². The number of fused-ring (bicyclic) bond motifs is 1. The Morgan fingerprint density at radius 3 is 2.65 bits per heavy atom. The van der Waals surface area contributed by atoms with Crippen molar-refractivity contribution in [2.45, 2.75) is 25.9 Å². The first-order valence-electron chi connectivity index (χ1n) is 6.80. The minimum absolute atomic E-state index is 0.210. The molecule has 102 valence electrons. The zero-order valence-corrected chi connectivity index (χ0v) is 11.1. The highest BCUT2D eigenvalue weighted by atomic mass is 16.5. The molecule has 2 aromatic rings. The molecule has 0 atom stereocenters. The summed E-state index contributed by atoms with van der Waals surface area (Å²) in [5.74, 6) is 1.25. The van der Waals surface area contributed by atoms with E-state index in [-0.39, 0.29) is 11.5 Å². The predicted molar refractivity (Wildman–Crippen MR) is 76.1 cm³/mol. The number of Topliss-reactive ketones (excluding diaryl/α,β-unsaturated/α-hetero) is 1. The van der Waals surface area contributed by atoms with Gasteiger partial charge in [0.1, 0.15) is 18.1 Å².